The van der Waals surface area contributed by atoms with E-state index in [0.29, 0.717) is 11.4 Å². The molecule has 0 atom stereocenters. The van der Waals surface area contributed by atoms with Crippen molar-refractivity contribution in [2.45, 2.75) is 18.0 Å². The van der Waals surface area contributed by atoms with Gasteiger partial charge in [0.25, 0.3) is 0 Å². The third-order valence-corrected chi connectivity index (χ3v) is 5.11. The van der Waals surface area contributed by atoms with Crippen LogP contribution in [0.5, 0.6) is 5.75 Å². The minimum atomic E-state index is -3.61. The summed E-state index contributed by atoms with van der Waals surface area (Å²) in [7, 11) is -2.11. The molecule has 7 nitrogen and oxygen atoms in total. The predicted molar refractivity (Wildman–Crippen MR) is 75.9 cm³/mol. The van der Waals surface area contributed by atoms with Gasteiger partial charge >= 0.3 is 0 Å². The van der Waals surface area contributed by atoms with E-state index < -0.39 is 10.0 Å². The van der Waals surface area contributed by atoms with E-state index in [9.17, 15) is 8.42 Å². The van der Waals surface area contributed by atoms with Crippen LogP contribution in [0.25, 0.3) is 0 Å². The SMILES string of the molecule is COc1cccc(S(=O)(=O)N2Cc3cnc(N)nc3C2)c1. The summed E-state index contributed by atoms with van der Waals surface area (Å²) < 4.78 is 31.7. The quantitative estimate of drug-likeness (QED) is 0.899. The molecule has 0 saturated carbocycles. The first kappa shape index (κ1) is 13.8. The van der Waals surface area contributed by atoms with E-state index in [1.807, 2.05) is 0 Å². The maximum absolute atomic E-state index is 12.6. The van der Waals surface area contributed by atoms with Crippen LogP contribution in [0.15, 0.2) is 35.4 Å². The molecule has 2 heterocycles. The van der Waals surface area contributed by atoms with Crippen LogP contribution in [-0.4, -0.2) is 29.8 Å². The number of nitrogens with zero attached hydrogens (tertiary/aromatic N) is 3. The smallest absolute Gasteiger partial charge is 0.243 e. The number of hydrogen-bond donors (Lipinski definition) is 1. The number of sulfonamides is 1. The van der Waals surface area contributed by atoms with Gasteiger partial charge in [-0.25, -0.2) is 18.4 Å². The van der Waals surface area contributed by atoms with Crippen molar-refractivity contribution in [2.24, 2.45) is 0 Å². The van der Waals surface area contributed by atoms with E-state index >= 15 is 0 Å². The lowest BCUT2D eigenvalue weighted by atomic mass is 10.3. The second-order valence-electron chi connectivity index (χ2n) is 4.65. The summed E-state index contributed by atoms with van der Waals surface area (Å²) in [6.07, 6.45) is 1.57. The number of benzene rings is 1. The largest absolute Gasteiger partial charge is 0.497 e. The Hall–Kier alpha value is -2.19. The van der Waals surface area contributed by atoms with Gasteiger partial charge in [-0.05, 0) is 12.1 Å². The van der Waals surface area contributed by atoms with Gasteiger partial charge in [0.2, 0.25) is 16.0 Å². The Kier molecular flexibility index (Phi) is 3.26. The summed E-state index contributed by atoms with van der Waals surface area (Å²) in [5.41, 5.74) is 6.95. The average Bonchev–Trinajstić information content (AvgIpc) is 2.91. The van der Waals surface area contributed by atoms with Crippen LogP contribution in [0.3, 0.4) is 0 Å². The number of methoxy groups -OCH3 is 1. The first-order valence-corrected chi connectivity index (χ1v) is 7.69. The molecule has 8 heteroatoms. The molecule has 0 bridgehead atoms. The van der Waals surface area contributed by atoms with Crippen LogP contribution in [0.4, 0.5) is 5.95 Å². The standard InChI is InChI=1S/C13H14N4O3S/c1-20-10-3-2-4-11(5-10)21(18,19)17-7-9-6-15-13(14)16-12(9)8-17/h2-6H,7-8H2,1H3,(H2,14,15,16). The number of nitrogen functional groups attached to an aromatic ring is 1. The fourth-order valence-electron chi connectivity index (χ4n) is 2.22. The minimum Gasteiger partial charge on any atom is -0.497 e. The highest BCUT2D eigenvalue weighted by Gasteiger charge is 2.32. The molecule has 0 radical (unpaired) electrons. The van der Waals surface area contributed by atoms with Crippen molar-refractivity contribution < 1.29 is 13.2 Å². The van der Waals surface area contributed by atoms with Gasteiger partial charge in [-0.1, -0.05) is 6.07 Å². The second-order valence-corrected chi connectivity index (χ2v) is 6.59. The molecule has 0 aliphatic carbocycles. The van der Waals surface area contributed by atoms with Crippen LogP contribution < -0.4 is 10.5 Å². The number of hydrogen-bond acceptors (Lipinski definition) is 6. The zero-order valence-corrected chi connectivity index (χ0v) is 12.2. The van der Waals surface area contributed by atoms with Gasteiger partial charge in [0.1, 0.15) is 5.75 Å². The first-order valence-electron chi connectivity index (χ1n) is 6.25. The molecule has 2 N–H and O–H groups in total. The van der Waals surface area contributed by atoms with Crippen LogP contribution in [0.2, 0.25) is 0 Å². The molecule has 21 heavy (non-hydrogen) atoms. The third-order valence-electron chi connectivity index (χ3n) is 3.32. The van der Waals surface area contributed by atoms with Crippen molar-refractivity contribution >= 4 is 16.0 Å². The Bertz CT molecular complexity index is 792. The molecule has 1 aliphatic heterocycles. The van der Waals surface area contributed by atoms with Gasteiger partial charge < -0.3 is 10.5 Å². The van der Waals surface area contributed by atoms with E-state index in [1.54, 1.807) is 24.4 Å². The number of anilines is 1. The summed E-state index contributed by atoms with van der Waals surface area (Å²) >= 11 is 0. The van der Waals surface area contributed by atoms with Gasteiger partial charge in [-0.2, -0.15) is 4.31 Å². The van der Waals surface area contributed by atoms with E-state index in [1.165, 1.54) is 17.5 Å². The molecular formula is C13H14N4O3S. The molecule has 0 fully saturated rings. The lowest BCUT2D eigenvalue weighted by Gasteiger charge is -2.15. The lowest BCUT2D eigenvalue weighted by Crippen LogP contribution is -2.25. The fourth-order valence-corrected chi connectivity index (χ4v) is 3.64. The molecule has 0 unspecified atom stereocenters. The number of aromatic nitrogens is 2. The maximum atomic E-state index is 12.6. The summed E-state index contributed by atoms with van der Waals surface area (Å²) in [6.45, 7) is 0.441. The number of ether oxygens (including phenoxy) is 1. The summed E-state index contributed by atoms with van der Waals surface area (Å²) in [5.74, 6) is 0.645. The first-order chi connectivity index (χ1) is 10.0. The van der Waals surface area contributed by atoms with Crippen molar-refractivity contribution in [3.8, 4) is 5.75 Å². The average molecular weight is 306 g/mol. The molecule has 2 aromatic rings. The number of fused-ring (bicyclic) bond motifs is 1. The van der Waals surface area contributed by atoms with E-state index in [0.717, 1.165) is 5.56 Å². The fraction of sp³-hybridized carbons (Fsp3) is 0.231. The molecule has 3 rings (SSSR count). The number of nitrogens with two attached hydrogens (primary N) is 1. The summed E-state index contributed by atoms with van der Waals surface area (Å²) in [5, 5.41) is 0. The molecule has 110 valence electrons. The summed E-state index contributed by atoms with van der Waals surface area (Å²) in [4.78, 5) is 8.16. The van der Waals surface area contributed by atoms with Crippen molar-refractivity contribution in [1.82, 2.24) is 14.3 Å². The van der Waals surface area contributed by atoms with Crippen LogP contribution in [0.1, 0.15) is 11.3 Å². The van der Waals surface area contributed by atoms with Crippen molar-refractivity contribution in [3.05, 3.63) is 41.7 Å². The van der Waals surface area contributed by atoms with Crippen molar-refractivity contribution in [1.29, 1.82) is 0 Å². The Balaban J connectivity index is 1.94. The van der Waals surface area contributed by atoms with Gasteiger partial charge in [0.05, 0.1) is 24.2 Å². The zero-order chi connectivity index (χ0) is 15.0. The molecule has 0 amide bonds. The van der Waals surface area contributed by atoms with Crippen LogP contribution in [-0.2, 0) is 23.1 Å². The molecular weight excluding hydrogens is 292 g/mol. The Labute approximate surface area is 122 Å². The monoisotopic (exact) mass is 306 g/mol. The predicted octanol–water partition coefficient (Wildman–Crippen LogP) is 0.772. The highest BCUT2D eigenvalue weighted by atomic mass is 32.2. The zero-order valence-electron chi connectivity index (χ0n) is 11.4. The Morgan fingerprint density at radius 2 is 2.14 bits per heavy atom. The second kappa shape index (κ2) is 4.97. The number of rotatable bonds is 3. The minimum absolute atomic E-state index is 0.148. The Morgan fingerprint density at radius 1 is 1.33 bits per heavy atom. The highest BCUT2D eigenvalue weighted by Crippen LogP contribution is 2.28. The van der Waals surface area contributed by atoms with Gasteiger partial charge in [0, 0.05) is 24.4 Å². The highest BCUT2D eigenvalue weighted by molar-refractivity contribution is 7.89. The van der Waals surface area contributed by atoms with Crippen LogP contribution in [0, 0.1) is 0 Å². The van der Waals surface area contributed by atoms with Crippen molar-refractivity contribution in [3.63, 3.8) is 0 Å². The lowest BCUT2D eigenvalue weighted by molar-refractivity contribution is 0.410. The molecule has 0 saturated heterocycles. The Morgan fingerprint density at radius 3 is 2.90 bits per heavy atom. The molecule has 0 spiro atoms. The van der Waals surface area contributed by atoms with Gasteiger partial charge in [-0.15, -0.1) is 0 Å². The summed E-state index contributed by atoms with van der Waals surface area (Å²) in [6, 6.07) is 6.38. The van der Waals surface area contributed by atoms with E-state index in [-0.39, 0.29) is 23.9 Å². The van der Waals surface area contributed by atoms with Crippen molar-refractivity contribution in [2.75, 3.05) is 12.8 Å². The molecule has 1 aliphatic rings. The van der Waals surface area contributed by atoms with E-state index in [4.69, 9.17) is 10.5 Å². The van der Waals surface area contributed by atoms with Gasteiger partial charge in [0.15, 0.2) is 0 Å². The topological polar surface area (TPSA) is 98.4 Å². The third kappa shape index (κ3) is 2.43. The van der Waals surface area contributed by atoms with Crippen LogP contribution >= 0.6 is 0 Å². The van der Waals surface area contributed by atoms with E-state index in [2.05, 4.69) is 9.97 Å². The van der Waals surface area contributed by atoms with Gasteiger partial charge in [-0.3, -0.25) is 0 Å². The molecule has 1 aromatic heterocycles. The maximum Gasteiger partial charge on any atom is 0.243 e. The molecule has 1 aromatic carbocycles. The normalized spacial score (nSPS) is 14.9.